The number of pyridine rings is 1. The fourth-order valence-corrected chi connectivity index (χ4v) is 2.00. The monoisotopic (exact) mass is 288 g/mol. The fraction of sp³-hybridized carbons (Fsp3) is 0.471. The van der Waals surface area contributed by atoms with Crippen LogP contribution in [0.5, 0.6) is 0 Å². The Morgan fingerprint density at radius 3 is 2.67 bits per heavy atom. The molecule has 0 unspecified atom stereocenters. The first-order valence-electron chi connectivity index (χ1n) is 7.51. The molecule has 4 heteroatoms. The van der Waals surface area contributed by atoms with E-state index in [0.29, 0.717) is 12.6 Å². The van der Waals surface area contributed by atoms with Gasteiger partial charge in [0.1, 0.15) is 18.1 Å². The highest BCUT2D eigenvalue weighted by atomic mass is 16.5. The van der Waals surface area contributed by atoms with Crippen LogP contribution < -0.4 is 5.32 Å². The lowest BCUT2D eigenvalue weighted by molar-refractivity contribution is 0.103. The smallest absolute Gasteiger partial charge is 0.129 e. The van der Waals surface area contributed by atoms with Gasteiger partial charge in [-0.15, -0.1) is 0 Å². The number of hydrogen-bond donors (Lipinski definition) is 1. The van der Waals surface area contributed by atoms with Crippen LogP contribution in [0.1, 0.15) is 37.4 Å². The molecule has 114 valence electrons. The number of ether oxygens (including phenoxy) is 1. The molecule has 2 aromatic heterocycles. The van der Waals surface area contributed by atoms with E-state index >= 15 is 0 Å². The second kappa shape index (κ2) is 8.60. The molecule has 0 amide bonds. The molecule has 0 atom stereocenters. The van der Waals surface area contributed by atoms with Crippen molar-refractivity contribution in [2.45, 2.75) is 45.9 Å². The predicted molar refractivity (Wildman–Crippen MR) is 82.9 cm³/mol. The first-order valence-corrected chi connectivity index (χ1v) is 7.51. The third-order valence-corrected chi connectivity index (χ3v) is 3.15. The third-order valence-electron chi connectivity index (χ3n) is 3.15. The second-order valence-corrected chi connectivity index (χ2v) is 5.42. The molecule has 1 N–H and O–H groups in total. The van der Waals surface area contributed by atoms with Gasteiger partial charge in [-0.2, -0.15) is 0 Å². The molecule has 0 saturated heterocycles. The van der Waals surface area contributed by atoms with Crippen LogP contribution in [0.2, 0.25) is 0 Å². The van der Waals surface area contributed by atoms with Gasteiger partial charge in [-0.05, 0) is 42.7 Å². The molecule has 2 aromatic rings. The minimum absolute atomic E-state index is 0.461. The summed E-state index contributed by atoms with van der Waals surface area (Å²) in [6.45, 7) is 6.28. The summed E-state index contributed by atoms with van der Waals surface area (Å²) in [4.78, 5) is 4.01. The Kier molecular flexibility index (Phi) is 6.44. The number of nitrogens with one attached hydrogen (secondary N) is 1. The van der Waals surface area contributed by atoms with Crippen molar-refractivity contribution >= 4 is 0 Å². The zero-order chi connectivity index (χ0) is 14.9. The molecule has 0 spiro atoms. The van der Waals surface area contributed by atoms with Gasteiger partial charge in [-0.25, -0.2) is 0 Å². The van der Waals surface area contributed by atoms with Crippen molar-refractivity contribution in [2.24, 2.45) is 0 Å². The van der Waals surface area contributed by atoms with Gasteiger partial charge < -0.3 is 14.5 Å². The van der Waals surface area contributed by atoms with Crippen LogP contribution in [0.4, 0.5) is 0 Å². The van der Waals surface area contributed by atoms with E-state index in [1.165, 1.54) is 5.56 Å². The van der Waals surface area contributed by atoms with Crippen molar-refractivity contribution in [3.05, 3.63) is 53.7 Å². The Balaban J connectivity index is 1.60. The van der Waals surface area contributed by atoms with Crippen LogP contribution in [-0.2, 0) is 24.3 Å². The molecule has 4 nitrogen and oxygen atoms in total. The van der Waals surface area contributed by atoms with Crippen molar-refractivity contribution in [1.29, 1.82) is 0 Å². The number of aromatic nitrogens is 1. The maximum atomic E-state index is 5.70. The van der Waals surface area contributed by atoms with Gasteiger partial charge in [-0.3, -0.25) is 4.98 Å². The van der Waals surface area contributed by atoms with Crippen LogP contribution in [-0.4, -0.2) is 17.6 Å². The van der Waals surface area contributed by atoms with Gasteiger partial charge in [0.05, 0.1) is 6.54 Å². The Morgan fingerprint density at radius 1 is 1.14 bits per heavy atom. The Hall–Kier alpha value is -1.65. The maximum Gasteiger partial charge on any atom is 0.129 e. The molecule has 0 aromatic carbocycles. The Labute approximate surface area is 126 Å². The normalized spacial score (nSPS) is 11.2. The highest BCUT2D eigenvalue weighted by molar-refractivity contribution is 5.09. The number of rotatable bonds is 9. The first-order chi connectivity index (χ1) is 10.2. The molecule has 21 heavy (non-hydrogen) atoms. The summed E-state index contributed by atoms with van der Waals surface area (Å²) in [6.07, 6.45) is 5.67. The topological polar surface area (TPSA) is 47.3 Å². The van der Waals surface area contributed by atoms with E-state index in [-0.39, 0.29) is 0 Å². The standard InChI is InChI=1S/C17H24N2O2/c1-14(2)19-12-16-5-6-17(21-16)13-20-11-3-4-15-7-9-18-10-8-15/h5-10,14,19H,3-4,11-13H2,1-2H3. The quantitative estimate of drug-likeness (QED) is 0.719. The minimum atomic E-state index is 0.461. The zero-order valence-electron chi connectivity index (χ0n) is 12.8. The van der Waals surface area contributed by atoms with Crippen molar-refractivity contribution < 1.29 is 9.15 Å². The summed E-state index contributed by atoms with van der Waals surface area (Å²) in [5.41, 5.74) is 1.30. The van der Waals surface area contributed by atoms with Crippen molar-refractivity contribution in [1.82, 2.24) is 10.3 Å². The first kappa shape index (κ1) is 15.7. The number of furan rings is 1. The van der Waals surface area contributed by atoms with Gasteiger partial charge >= 0.3 is 0 Å². The van der Waals surface area contributed by atoms with Crippen molar-refractivity contribution in [2.75, 3.05) is 6.61 Å². The highest BCUT2D eigenvalue weighted by Crippen LogP contribution is 2.10. The molecule has 2 rings (SSSR count). The number of aryl methyl sites for hydroxylation is 1. The van der Waals surface area contributed by atoms with Crippen molar-refractivity contribution in [3.8, 4) is 0 Å². The van der Waals surface area contributed by atoms with E-state index in [1.807, 2.05) is 36.7 Å². The van der Waals surface area contributed by atoms with Crippen LogP contribution in [0.15, 0.2) is 41.1 Å². The summed E-state index contributed by atoms with van der Waals surface area (Å²) >= 11 is 0. The number of hydrogen-bond acceptors (Lipinski definition) is 4. The van der Waals surface area contributed by atoms with Crippen molar-refractivity contribution in [3.63, 3.8) is 0 Å². The van der Waals surface area contributed by atoms with E-state index in [1.54, 1.807) is 0 Å². The predicted octanol–water partition coefficient (Wildman–Crippen LogP) is 3.32. The lowest BCUT2D eigenvalue weighted by atomic mass is 10.1. The van der Waals surface area contributed by atoms with Crippen LogP contribution >= 0.6 is 0 Å². The summed E-state index contributed by atoms with van der Waals surface area (Å²) in [5, 5.41) is 3.33. The Bertz CT molecular complexity index is 509. The molecular weight excluding hydrogens is 264 g/mol. The van der Waals surface area contributed by atoms with Crippen LogP contribution in [0, 0.1) is 0 Å². The highest BCUT2D eigenvalue weighted by Gasteiger charge is 2.03. The molecule has 0 aliphatic heterocycles. The lowest BCUT2D eigenvalue weighted by Gasteiger charge is -2.05. The second-order valence-electron chi connectivity index (χ2n) is 5.42. The fourth-order valence-electron chi connectivity index (χ4n) is 2.00. The molecule has 2 heterocycles. The van der Waals surface area contributed by atoms with Gasteiger partial charge in [0.2, 0.25) is 0 Å². The van der Waals surface area contributed by atoms with E-state index < -0.39 is 0 Å². The molecule has 0 fully saturated rings. The van der Waals surface area contributed by atoms with Crippen LogP contribution in [0.25, 0.3) is 0 Å². The third kappa shape index (κ3) is 6.10. The van der Waals surface area contributed by atoms with E-state index in [2.05, 4.69) is 24.1 Å². The number of nitrogens with zero attached hydrogens (tertiary/aromatic N) is 1. The summed E-state index contributed by atoms with van der Waals surface area (Å²) in [6, 6.07) is 8.54. The molecular formula is C17H24N2O2. The lowest BCUT2D eigenvalue weighted by Crippen LogP contribution is -2.21. The SMILES string of the molecule is CC(C)NCc1ccc(COCCCc2ccncc2)o1. The molecule has 0 saturated carbocycles. The average Bonchev–Trinajstić information content (AvgIpc) is 2.94. The van der Waals surface area contributed by atoms with Gasteiger partial charge in [0.25, 0.3) is 0 Å². The average molecular weight is 288 g/mol. The van der Waals surface area contributed by atoms with E-state index in [4.69, 9.17) is 9.15 Å². The largest absolute Gasteiger partial charge is 0.462 e. The molecule has 0 aliphatic carbocycles. The van der Waals surface area contributed by atoms with Gasteiger partial charge in [-0.1, -0.05) is 13.8 Å². The maximum absolute atomic E-state index is 5.70. The molecule has 0 bridgehead atoms. The Morgan fingerprint density at radius 2 is 1.90 bits per heavy atom. The van der Waals surface area contributed by atoms with Gasteiger partial charge in [0, 0.05) is 25.0 Å². The molecule has 0 aliphatic rings. The van der Waals surface area contributed by atoms with Gasteiger partial charge in [0.15, 0.2) is 0 Å². The summed E-state index contributed by atoms with van der Waals surface area (Å²) < 4.78 is 11.4. The zero-order valence-corrected chi connectivity index (χ0v) is 12.8. The van der Waals surface area contributed by atoms with E-state index in [9.17, 15) is 0 Å². The summed E-state index contributed by atoms with van der Waals surface area (Å²) in [5.74, 6) is 1.85. The summed E-state index contributed by atoms with van der Waals surface area (Å²) in [7, 11) is 0. The molecule has 0 radical (unpaired) electrons. The van der Waals surface area contributed by atoms with E-state index in [0.717, 1.165) is 37.5 Å². The minimum Gasteiger partial charge on any atom is -0.462 e. The van der Waals surface area contributed by atoms with Crippen LogP contribution in [0.3, 0.4) is 0 Å².